The second kappa shape index (κ2) is 71.2. The summed E-state index contributed by atoms with van der Waals surface area (Å²) in [5, 5.41) is 22.2. The topological polar surface area (TPSA) is 81.1 Å². The number of carbonyl (C=O) groups is 2. The summed E-state index contributed by atoms with van der Waals surface area (Å²) in [5.41, 5.74) is -0.899. The molecular weight excluding hydrogens is 1120 g/mol. The molecule has 0 saturated heterocycles. The summed E-state index contributed by atoms with van der Waals surface area (Å²) in [5.74, 6) is -1.51. The molecule has 92 heavy (non-hydrogen) atoms. The third-order valence-corrected chi connectivity index (χ3v) is 22.5. The van der Waals surface area contributed by atoms with Crippen LogP contribution in [0.25, 0.3) is 0 Å². The molecule has 548 valence electrons. The standard InChI is InChI=1S/C86H170N2O4/c1-5-9-13-17-21-25-29-33-37-41-45-49-53-57-61-67-75-87(76-68-62-58-54-50-46-42-38-34-30-26-22-18-14-10-6-2)79-73-86(85(91)92,83-72-66-65-71-82(83)81-84(89)90)74-80-88(77-69-63-59-55-51-47-43-39-35-31-27-23-19-15-11-7-3)78-70-64-60-56-52-48-44-40-36-32-28-24-20-16-12-8-4/h82-83H,5-81H2,1-4H3,(H,89,90)(H,91,92). The lowest BCUT2D eigenvalue weighted by Gasteiger charge is -2.45. The van der Waals surface area contributed by atoms with Crippen molar-refractivity contribution in [3.63, 3.8) is 0 Å². The van der Waals surface area contributed by atoms with Crippen LogP contribution in [0.2, 0.25) is 0 Å². The van der Waals surface area contributed by atoms with Crippen molar-refractivity contribution in [2.45, 2.75) is 484 Å². The molecule has 2 N–H and O–H groups in total. The average Bonchev–Trinajstić information content (AvgIpc) is 1.16. The molecule has 1 aliphatic carbocycles. The maximum Gasteiger partial charge on any atom is 0.310 e. The van der Waals surface area contributed by atoms with Crippen LogP contribution in [0.4, 0.5) is 0 Å². The zero-order valence-corrected chi connectivity index (χ0v) is 63.7. The molecule has 2 unspecified atom stereocenters. The van der Waals surface area contributed by atoms with E-state index in [0.29, 0.717) is 12.8 Å². The number of rotatable bonds is 78. The predicted octanol–water partition coefficient (Wildman–Crippen LogP) is 28.8. The van der Waals surface area contributed by atoms with Crippen molar-refractivity contribution in [1.82, 2.24) is 9.80 Å². The first-order chi connectivity index (χ1) is 45.3. The van der Waals surface area contributed by atoms with Crippen LogP contribution in [0.3, 0.4) is 0 Å². The van der Waals surface area contributed by atoms with Crippen LogP contribution in [0.1, 0.15) is 484 Å². The molecule has 0 aromatic rings. The Bertz CT molecular complexity index is 1320. The smallest absolute Gasteiger partial charge is 0.310 e. The van der Waals surface area contributed by atoms with Gasteiger partial charge in [0.1, 0.15) is 0 Å². The van der Waals surface area contributed by atoms with Crippen molar-refractivity contribution in [2.24, 2.45) is 17.3 Å². The Labute approximate surface area is 578 Å². The van der Waals surface area contributed by atoms with E-state index < -0.39 is 17.4 Å². The Hall–Kier alpha value is -1.14. The molecule has 0 amide bonds. The molecule has 1 fully saturated rings. The highest BCUT2D eigenvalue weighted by Crippen LogP contribution is 2.49. The van der Waals surface area contributed by atoms with Crippen molar-refractivity contribution >= 4 is 11.9 Å². The fraction of sp³-hybridized carbons (Fsp3) is 0.977. The van der Waals surface area contributed by atoms with Gasteiger partial charge in [-0.05, 0) is 102 Å². The van der Waals surface area contributed by atoms with Gasteiger partial charge in [0, 0.05) is 6.42 Å². The minimum atomic E-state index is -0.899. The van der Waals surface area contributed by atoms with Gasteiger partial charge in [-0.25, -0.2) is 0 Å². The molecular formula is C86H170N2O4. The highest BCUT2D eigenvalue weighted by Gasteiger charge is 2.49. The molecule has 0 aromatic heterocycles. The third kappa shape index (κ3) is 56.8. The maximum absolute atomic E-state index is 14.5. The lowest BCUT2D eigenvalue weighted by molar-refractivity contribution is -0.159. The van der Waals surface area contributed by atoms with Crippen molar-refractivity contribution < 1.29 is 19.8 Å². The quantitative estimate of drug-likeness (QED) is 0.0591. The van der Waals surface area contributed by atoms with Gasteiger partial charge in [-0.15, -0.1) is 0 Å². The van der Waals surface area contributed by atoms with E-state index in [1.54, 1.807) is 0 Å². The number of carboxylic acid groups (broad SMARTS) is 2. The fourth-order valence-corrected chi connectivity index (χ4v) is 16.2. The number of hydrogen-bond acceptors (Lipinski definition) is 4. The first kappa shape index (κ1) is 88.9. The zero-order chi connectivity index (χ0) is 66.4. The van der Waals surface area contributed by atoms with E-state index in [9.17, 15) is 19.8 Å². The molecule has 0 radical (unpaired) electrons. The summed E-state index contributed by atoms with van der Waals surface area (Å²) in [4.78, 5) is 32.4. The molecule has 0 aliphatic heterocycles. The average molecular weight is 1300 g/mol. The molecule has 0 aromatic carbocycles. The van der Waals surface area contributed by atoms with Gasteiger partial charge in [-0.1, -0.05) is 426 Å². The van der Waals surface area contributed by atoms with Crippen LogP contribution in [-0.4, -0.2) is 71.2 Å². The SMILES string of the molecule is CCCCCCCCCCCCCCCCCCN(CCCCCCCCCCCCCCCCCC)CCC(CCN(CCCCCCCCCCCCCCCCCC)CCCCCCCCCCCCCCCCCC)(C(=O)O)C1CCCCC1CC(=O)O. The van der Waals surface area contributed by atoms with Gasteiger partial charge < -0.3 is 20.0 Å². The lowest BCUT2D eigenvalue weighted by atomic mass is 9.60. The van der Waals surface area contributed by atoms with E-state index in [0.717, 1.165) is 65.0 Å². The Morgan fingerprint density at radius 2 is 0.457 bits per heavy atom. The minimum absolute atomic E-state index is 0.0551. The number of unbranched alkanes of at least 4 members (excludes halogenated alkanes) is 60. The summed E-state index contributed by atoms with van der Waals surface area (Å²) < 4.78 is 0. The maximum atomic E-state index is 14.5. The molecule has 2 atom stereocenters. The highest BCUT2D eigenvalue weighted by atomic mass is 16.4. The Balaban J connectivity index is 3.05. The number of carboxylic acids is 2. The first-order valence-electron chi connectivity index (χ1n) is 43.2. The number of aliphatic carboxylic acids is 2. The largest absolute Gasteiger partial charge is 0.481 e. The van der Waals surface area contributed by atoms with Crippen LogP contribution in [0.5, 0.6) is 0 Å². The summed E-state index contributed by atoms with van der Waals surface area (Å²) in [6.07, 6.45) is 93.3. The van der Waals surface area contributed by atoms with E-state index in [4.69, 9.17) is 0 Å². The summed E-state index contributed by atoms with van der Waals surface area (Å²) >= 11 is 0. The van der Waals surface area contributed by atoms with Crippen LogP contribution in [0.15, 0.2) is 0 Å². The molecule has 1 aliphatic rings. The first-order valence-corrected chi connectivity index (χ1v) is 43.2. The fourth-order valence-electron chi connectivity index (χ4n) is 16.2. The summed E-state index contributed by atoms with van der Waals surface area (Å²) in [7, 11) is 0. The Morgan fingerprint density at radius 1 is 0.272 bits per heavy atom. The van der Waals surface area contributed by atoms with E-state index in [-0.39, 0.29) is 18.3 Å². The second-order valence-corrected chi connectivity index (χ2v) is 31.1. The lowest BCUT2D eigenvalue weighted by Crippen LogP contribution is -2.48. The van der Waals surface area contributed by atoms with Gasteiger partial charge in [-0.2, -0.15) is 0 Å². The van der Waals surface area contributed by atoms with E-state index in [2.05, 4.69) is 37.5 Å². The van der Waals surface area contributed by atoms with Gasteiger partial charge in [0.05, 0.1) is 5.41 Å². The van der Waals surface area contributed by atoms with E-state index >= 15 is 0 Å². The van der Waals surface area contributed by atoms with Crippen LogP contribution >= 0.6 is 0 Å². The van der Waals surface area contributed by atoms with Gasteiger partial charge in [0.15, 0.2) is 0 Å². The van der Waals surface area contributed by atoms with Crippen molar-refractivity contribution in [1.29, 1.82) is 0 Å². The van der Waals surface area contributed by atoms with E-state index in [1.165, 1.54) is 411 Å². The molecule has 1 saturated carbocycles. The Kier molecular flexibility index (Phi) is 68.7. The summed E-state index contributed by atoms with van der Waals surface area (Å²) in [6.45, 7) is 15.2. The van der Waals surface area contributed by atoms with Crippen LogP contribution < -0.4 is 0 Å². The highest BCUT2D eigenvalue weighted by molar-refractivity contribution is 5.75. The molecule has 0 bridgehead atoms. The predicted molar refractivity (Wildman–Crippen MR) is 408 cm³/mol. The minimum Gasteiger partial charge on any atom is -0.481 e. The monoisotopic (exact) mass is 1300 g/mol. The zero-order valence-electron chi connectivity index (χ0n) is 63.7. The molecule has 0 spiro atoms. The third-order valence-electron chi connectivity index (χ3n) is 22.5. The summed E-state index contributed by atoms with van der Waals surface area (Å²) in [6, 6.07) is 0. The van der Waals surface area contributed by atoms with Crippen molar-refractivity contribution in [3.8, 4) is 0 Å². The number of nitrogens with zero attached hydrogens (tertiary/aromatic N) is 2. The van der Waals surface area contributed by atoms with Crippen LogP contribution in [-0.2, 0) is 9.59 Å². The molecule has 6 heteroatoms. The van der Waals surface area contributed by atoms with E-state index in [1.807, 2.05) is 0 Å². The van der Waals surface area contributed by atoms with Crippen molar-refractivity contribution in [2.75, 3.05) is 39.3 Å². The normalized spacial score (nSPS) is 14.6. The molecule has 0 heterocycles. The molecule has 1 rings (SSSR count). The second-order valence-electron chi connectivity index (χ2n) is 31.1. The molecule has 6 nitrogen and oxygen atoms in total. The van der Waals surface area contributed by atoms with Gasteiger partial charge >= 0.3 is 11.9 Å². The Morgan fingerprint density at radius 3 is 0.641 bits per heavy atom. The van der Waals surface area contributed by atoms with Crippen molar-refractivity contribution in [3.05, 3.63) is 0 Å². The van der Waals surface area contributed by atoms with Gasteiger partial charge in [0.2, 0.25) is 0 Å². The van der Waals surface area contributed by atoms with Gasteiger partial charge in [0.25, 0.3) is 0 Å². The van der Waals surface area contributed by atoms with Gasteiger partial charge in [-0.3, -0.25) is 9.59 Å². The van der Waals surface area contributed by atoms with Crippen LogP contribution in [0, 0.1) is 17.3 Å². The number of hydrogen-bond donors (Lipinski definition) is 2.